The first-order valence-corrected chi connectivity index (χ1v) is 8.28. The van der Waals surface area contributed by atoms with E-state index in [0.29, 0.717) is 18.8 Å². The van der Waals surface area contributed by atoms with Crippen LogP contribution in [0, 0.1) is 0 Å². The van der Waals surface area contributed by atoms with Crippen molar-refractivity contribution in [3.63, 3.8) is 0 Å². The second-order valence-electron chi connectivity index (χ2n) is 5.48. The van der Waals surface area contributed by atoms with Crippen LogP contribution < -0.4 is 4.74 Å². The lowest BCUT2D eigenvalue weighted by molar-refractivity contribution is -0.142. The summed E-state index contributed by atoms with van der Waals surface area (Å²) < 4.78 is 9.80. The van der Waals surface area contributed by atoms with Crippen LogP contribution in [0.25, 0.3) is 6.08 Å². The number of aromatic nitrogens is 1. The Bertz CT molecular complexity index is 742. The molecule has 136 valence electrons. The topological polar surface area (TPSA) is 68.7 Å². The van der Waals surface area contributed by atoms with E-state index in [4.69, 9.17) is 4.74 Å². The van der Waals surface area contributed by atoms with Gasteiger partial charge in [-0.3, -0.25) is 9.78 Å². The number of pyridine rings is 1. The fraction of sp³-hybridized carbons (Fsp3) is 0.250. The molecule has 0 spiro atoms. The van der Waals surface area contributed by atoms with Gasteiger partial charge < -0.3 is 14.4 Å². The monoisotopic (exact) mass is 354 g/mol. The van der Waals surface area contributed by atoms with Crippen molar-refractivity contribution in [2.75, 3.05) is 20.3 Å². The molecular weight excluding hydrogens is 332 g/mol. The summed E-state index contributed by atoms with van der Waals surface area (Å²) in [5.74, 6) is 0.0563. The van der Waals surface area contributed by atoms with Gasteiger partial charge in [0.05, 0.1) is 7.11 Å². The first-order valence-electron chi connectivity index (χ1n) is 8.28. The van der Waals surface area contributed by atoms with E-state index in [-0.39, 0.29) is 12.5 Å². The van der Waals surface area contributed by atoms with Gasteiger partial charge in [-0.05, 0) is 42.3 Å². The highest BCUT2D eigenvalue weighted by molar-refractivity contribution is 5.91. The predicted molar refractivity (Wildman–Crippen MR) is 98.3 cm³/mol. The number of benzene rings is 1. The summed E-state index contributed by atoms with van der Waals surface area (Å²) >= 11 is 0. The van der Waals surface area contributed by atoms with Crippen LogP contribution in [0.3, 0.4) is 0 Å². The second-order valence-corrected chi connectivity index (χ2v) is 5.48. The highest BCUT2D eigenvalue weighted by Gasteiger charge is 2.09. The molecule has 2 aromatic rings. The Hall–Kier alpha value is -3.15. The molecule has 6 heteroatoms. The highest BCUT2D eigenvalue weighted by Crippen LogP contribution is 2.13. The van der Waals surface area contributed by atoms with E-state index in [0.717, 1.165) is 11.1 Å². The van der Waals surface area contributed by atoms with Crippen molar-refractivity contribution in [1.82, 2.24) is 9.88 Å². The average Bonchev–Trinajstić information content (AvgIpc) is 2.69. The van der Waals surface area contributed by atoms with Gasteiger partial charge in [0.2, 0.25) is 5.91 Å². The number of likely N-dealkylation sites (N-methyl/N-ethyl adjacent to an activating group) is 1. The first kappa shape index (κ1) is 19.2. The number of esters is 1. The largest absolute Gasteiger partial charge is 0.482 e. The average molecular weight is 354 g/mol. The second kappa shape index (κ2) is 9.98. The van der Waals surface area contributed by atoms with E-state index in [2.05, 4.69) is 9.72 Å². The first-order chi connectivity index (χ1) is 12.6. The molecule has 0 aliphatic heterocycles. The van der Waals surface area contributed by atoms with Gasteiger partial charge in [-0.25, -0.2) is 4.79 Å². The van der Waals surface area contributed by atoms with Crippen LogP contribution in [-0.4, -0.2) is 42.0 Å². The van der Waals surface area contributed by atoms with Gasteiger partial charge in [-0.1, -0.05) is 18.2 Å². The number of hydrogen-bond donors (Lipinski definition) is 0. The molecule has 0 atom stereocenters. The number of hydrogen-bond acceptors (Lipinski definition) is 5. The van der Waals surface area contributed by atoms with Crippen LogP contribution in [0.15, 0.2) is 54.9 Å². The Balaban J connectivity index is 1.92. The zero-order valence-electron chi connectivity index (χ0n) is 14.9. The van der Waals surface area contributed by atoms with Crippen molar-refractivity contribution in [3.05, 3.63) is 66.0 Å². The third-order valence-corrected chi connectivity index (χ3v) is 3.67. The van der Waals surface area contributed by atoms with Crippen LogP contribution in [0.2, 0.25) is 0 Å². The molecule has 0 radical (unpaired) electrons. The van der Waals surface area contributed by atoms with Gasteiger partial charge in [0.25, 0.3) is 0 Å². The third-order valence-electron chi connectivity index (χ3n) is 3.67. The summed E-state index contributed by atoms with van der Waals surface area (Å²) in [5.41, 5.74) is 1.85. The van der Waals surface area contributed by atoms with Gasteiger partial charge in [-0.15, -0.1) is 0 Å². The van der Waals surface area contributed by atoms with Crippen LogP contribution in [-0.2, 0) is 20.9 Å². The van der Waals surface area contributed by atoms with E-state index < -0.39 is 5.97 Å². The van der Waals surface area contributed by atoms with Gasteiger partial charge in [0.15, 0.2) is 6.61 Å². The fourth-order valence-corrected chi connectivity index (χ4v) is 2.21. The number of carbonyl (C=O) groups is 2. The third kappa shape index (κ3) is 6.05. The molecule has 1 amide bonds. The molecule has 0 fully saturated rings. The Labute approximate surface area is 153 Å². The number of carbonyl (C=O) groups excluding carboxylic acids is 2. The number of amides is 1. The van der Waals surface area contributed by atoms with Gasteiger partial charge in [0, 0.05) is 31.6 Å². The summed E-state index contributed by atoms with van der Waals surface area (Å²) in [7, 11) is 1.31. The van der Waals surface area contributed by atoms with E-state index in [9.17, 15) is 9.59 Å². The van der Waals surface area contributed by atoms with E-state index in [1.807, 2.05) is 31.2 Å². The minimum atomic E-state index is -0.437. The van der Waals surface area contributed by atoms with E-state index in [1.54, 1.807) is 41.6 Å². The van der Waals surface area contributed by atoms with Crippen LogP contribution in [0.4, 0.5) is 0 Å². The SMILES string of the molecule is CCN(Cc1cccnc1)C(=O)/C=C/c1ccc(OCC(=O)OC)cc1. The Morgan fingerprint density at radius 1 is 1.19 bits per heavy atom. The maximum Gasteiger partial charge on any atom is 0.343 e. The van der Waals surface area contributed by atoms with Crippen molar-refractivity contribution in [3.8, 4) is 5.75 Å². The van der Waals surface area contributed by atoms with Crippen molar-refractivity contribution in [2.24, 2.45) is 0 Å². The number of methoxy groups -OCH3 is 1. The zero-order valence-corrected chi connectivity index (χ0v) is 14.9. The fourth-order valence-electron chi connectivity index (χ4n) is 2.21. The standard InChI is InChI=1S/C20H22N2O4/c1-3-22(14-17-5-4-12-21-13-17)19(23)11-8-16-6-9-18(10-7-16)26-15-20(24)25-2/h4-13H,3,14-15H2,1-2H3/b11-8+. The molecule has 0 saturated heterocycles. The lowest BCUT2D eigenvalue weighted by Crippen LogP contribution is -2.28. The molecule has 0 aliphatic rings. The summed E-state index contributed by atoms with van der Waals surface area (Å²) in [6.45, 7) is 2.94. The molecule has 1 aromatic heterocycles. The molecule has 6 nitrogen and oxygen atoms in total. The minimum absolute atomic E-state index is 0.0672. The normalized spacial score (nSPS) is 10.5. The molecular formula is C20H22N2O4. The van der Waals surface area contributed by atoms with Crippen molar-refractivity contribution >= 4 is 18.0 Å². The molecule has 2 rings (SSSR count). The van der Waals surface area contributed by atoms with E-state index in [1.165, 1.54) is 7.11 Å². The molecule has 1 aromatic carbocycles. The van der Waals surface area contributed by atoms with Gasteiger partial charge in [0.1, 0.15) is 5.75 Å². The van der Waals surface area contributed by atoms with Crippen molar-refractivity contribution in [2.45, 2.75) is 13.5 Å². The Morgan fingerprint density at radius 2 is 1.96 bits per heavy atom. The van der Waals surface area contributed by atoms with Crippen molar-refractivity contribution in [1.29, 1.82) is 0 Å². The van der Waals surface area contributed by atoms with Crippen LogP contribution in [0.1, 0.15) is 18.1 Å². The highest BCUT2D eigenvalue weighted by atomic mass is 16.6. The summed E-state index contributed by atoms with van der Waals surface area (Å²) in [6.07, 6.45) is 6.76. The minimum Gasteiger partial charge on any atom is -0.482 e. The number of rotatable bonds is 8. The molecule has 0 saturated carbocycles. The quantitative estimate of drug-likeness (QED) is 0.538. The number of nitrogens with zero attached hydrogens (tertiary/aromatic N) is 2. The maximum absolute atomic E-state index is 12.4. The molecule has 0 bridgehead atoms. The van der Waals surface area contributed by atoms with Gasteiger partial charge in [-0.2, -0.15) is 0 Å². The molecule has 0 aliphatic carbocycles. The Morgan fingerprint density at radius 3 is 2.58 bits per heavy atom. The van der Waals surface area contributed by atoms with E-state index >= 15 is 0 Å². The molecule has 0 N–H and O–H groups in total. The molecule has 1 heterocycles. The summed E-state index contributed by atoms with van der Waals surface area (Å²) in [6, 6.07) is 10.9. The van der Waals surface area contributed by atoms with Gasteiger partial charge >= 0.3 is 5.97 Å². The summed E-state index contributed by atoms with van der Waals surface area (Å²) in [4.78, 5) is 29.2. The molecule has 26 heavy (non-hydrogen) atoms. The molecule has 0 unspecified atom stereocenters. The Kier molecular flexibility index (Phi) is 7.36. The van der Waals surface area contributed by atoms with Crippen molar-refractivity contribution < 1.29 is 19.1 Å². The summed E-state index contributed by atoms with van der Waals surface area (Å²) in [5, 5.41) is 0. The maximum atomic E-state index is 12.4. The van der Waals surface area contributed by atoms with Crippen LogP contribution >= 0.6 is 0 Å². The van der Waals surface area contributed by atoms with Crippen LogP contribution in [0.5, 0.6) is 5.75 Å². The zero-order chi connectivity index (χ0) is 18.8. The smallest absolute Gasteiger partial charge is 0.343 e. The number of ether oxygens (including phenoxy) is 2. The lowest BCUT2D eigenvalue weighted by Gasteiger charge is -2.18. The predicted octanol–water partition coefficient (Wildman–Crippen LogP) is 2.70. The lowest BCUT2D eigenvalue weighted by atomic mass is 10.2.